The van der Waals surface area contributed by atoms with Crippen LogP contribution < -0.4 is 4.74 Å². The highest BCUT2D eigenvalue weighted by molar-refractivity contribution is 7.10. The number of likely N-dealkylation sites (tertiary alicyclic amines) is 1. The van der Waals surface area contributed by atoms with Gasteiger partial charge in [0.15, 0.2) is 0 Å². The van der Waals surface area contributed by atoms with Gasteiger partial charge in [0, 0.05) is 23.9 Å². The Morgan fingerprint density at radius 1 is 1.37 bits per heavy atom. The average molecular weight is 499 g/mol. The topological polar surface area (TPSA) is 62.7 Å². The number of aliphatic carboxylic acids is 1. The van der Waals surface area contributed by atoms with Crippen LogP contribution in [0.25, 0.3) is 10.9 Å². The van der Waals surface area contributed by atoms with Gasteiger partial charge < -0.3 is 9.84 Å². The third-order valence-electron chi connectivity index (χ3n) is 6.62. The van der Waals surface area contributed by atoms with E-state index >= 15 is 4.39 Å². The van der Waals surface area contributed by atoms with Crippen molar-refractivity contribution >= 4 is 28.2 Å². The molecule has 0 aliphatic carbocycles. The normalized spacial score (nSPS) is 19.2. The van der Waals surface area contributed by atoms with Crippen LogP contribution in [0.3, 0.4) is 0 Å². The van der Waals surface area contributed by atoms with Gasteiger partial charge in [0.05, 0.1) is 30.2 Å². The summed E-state index contributed by atoms with van der Waals surface area (Å²) < 4.78 is 35.3. The van der Waals surface area contributed by atoms with Gasteiger partial charge in [-0.1, -0.05) is 17.9 Å². The molecule has 1 aromatic carbocycles. The molecule has 4 rings (SSSR count). The molecule has 8 heteroatoms. The Labute approximate surface area is 207 Å². The molecule has 1 saturated heterocycles. The lowest BCUT2D eigenvalue weighted by Crippen LogP contribution is -2.41. The SMILES string of the molecule is COc1ccc2ncc(F)c([C@H](F)CCC3CCN(CC#Cc4cccs4)CC3CC(=O)O)c2c1. The van der Waals surface area contributed by atoms with Crippen molar-refractivity contribution in [1.29, 1.82) is 0 Å². The summed E-state index contributed by atoms with van der Waals surface area (Å²) in [5.41, 5.74) is 0.496. The summed E-state index contributed by atoms with van der Waals surface area (Å²) in [5, 5.41) is 11.8. The largest absolute Gasteiger partial charge is 0.497 e. The van der Waals surface area contributed by atoms with E-state index in [1.165, 1.54) is 7.11 Å². The van der Waals surface area contributed by atoms with Crippen LogP contribution in [0.4, 0.5) is 8.78 Å². The Morgan fingerprint density at radius 3 is 2.97 bits per heavy atom. The van der Waals surface area contributed by atoms with Crippen LogP contribution in [0.5, 0.6) is 5.75 Å². The number of carboxylic acid groups (broad SMARTS) is 1. The molecule has 35 heavy (non-hydrogen) atoms. The Kier molecular flexibility index (Phi) is 8.32. The van der Waals surface area contributed by atoms with E-state index in [1.54, 1.807) is 29.5 Å². The fraction of sp³-hybridized carbons (Fsp3) is 0.407. The van der Waals surface area contributed by atoms with Crippen LogP contribution in [-0.4, -0.2) is 47.7 Å². The Bertz CT molecular complexity index is 1220. The lowest BCUT2D eigenvalue weighted by Gasteiger charge is -2.37. The van der Waals surface area contributed by atoms with Crippen molar-refractivity contribution in [2.24, 2.45) is 11.8 Å². The summed E-state index contributed by atoms with van der Waals surface area (Å²) in [7, 11) is 1.50. The molecule has 0 radical (unpaired) electrons. The third-order valence-corrected chi connectivity index (χ3v) is 7.41. The highest BCUT2D eigenvalue weighted by Gasteiger charge is 2.31. The molecule has 0 bridgehead atoms. The monoisotopic (exact) mass is 498 g/mol. The molecule has 3 heterocycles. The number of alkyl halides is 1. The molecule has 1 fully saturated rings. The third kappa shape index (κ3) is 6.36. The van der Waals surface area contributed by atoms with Crippen LogP contribution >= 0.6 is 11.3 Å². The summed E-state index contributed by atoms with van der Waals surface area (Å²) in [4.78, 5) is 18.7. The maximum Gasteiger partial charge on any atom is 0.303 e. The van der Waals surface area contributed by atoms with E-state index in [-0.39, 0.29) is 30.2 Å². The molecule has 3 atom stereocenters. The van der Waals surface area contributed by atoms with Crippen molar-refractivity contribution in [3.63, 3.8) is 0 Å². The molecule has 2 unspecified atom stereocenters. The molecule has 5 nitrogen and oxygen atoms in total. The molecule has 0 amide bonds. The molecule has 2 aromatic heterocycles. The molecule has 1 N–H and O–H groups in total. The van der Waals surface area contributed by atoms with E-state index in [1.807, 2.05) is 17.5 Å². The van der Waals surface area contributed by atoms with Crippen LogP contribution in [0.15, 0.2) is 41.9 Å². The summed E-state index contributed by atoms with van der Waals surface area (Å²) in [5.74, 6) is 5.23. The van der Waals surface area contributed by atoms with Crippen molar-refractivity contribution in [3.05, 3.63) is 58.2 Å². The van der Waals surface area contributed by atoms with Crippen molar-refractivity contribution in [1.82, 2.24) is 9.88 Å². The standard InChI is InChI=1S/C27H28F2N2O3S/c1-34-20-7-9-25-22(15-20)27(24(29)16-30-25)23(28)8-6-18-10-12-31(17-19(18)14-26(32)33)11-2-4-21-5-3-13-35-21/h3,5,7,9,13,15-16,18-19,23H,6,8,10-12,14,17H2,1H3,(H,32,33)/t18?,19?,23-/m1/s1. The van der Waals surface area contributed by atoms with Crippen LogP contribution in [0.2, 0.25) is 0 Å². The number of rotatable bonds is 8. The van der Waals surface area contributed by atoms with Gasteiger partial charge in [0.25, 0.3) is 0 Å². The number of nitrogens with zero attached hydrogens (tertiary/aromatic N) is 2. The smallest absolute Gasteiger partial charge is 0.303 e. The van der Waals surface area contributed by atoms with E-state index in [4.69, 9.17) is 4.74 Å². The first-order valence-electron chi connectivity index (χ1n) is 11.7. The summed E-state index contributed by atoms with van der Waals surface area (Å²) in [6, 6.07) is 8.92. The van der Waals surface area contributed by atoms with E-state index in [9.17, 15) is 14.3 Å². The molecule has 184 valence electrons. The van der Waals surface area contributed by atoms with E-state index < -0.39 is 18.0 Å². The molecule has 1 aliphatic rings. The van der Waals surface area contributed by atoms with Crippen LogP contribution in [0, 0.1) is 29.5 Å². The number of hydrogen-bond donors (Lipinski definition) is 1. The van der Waals surface area contributed by atoms with Gasteiger partial charge in [-0.05, 0) is 67.3 Å². The van der Waals surface area contributed by atoms with Gasteiger partial charge >= 0.3 is 5.97 Å². The fourth-order valence-corrected chi connectivity index (χ4v) is 5.43. The van der Waals surface area contributed by atoms with Gasteiger partial charge in [0.1, 0.15) is 17.7 Å². The predicted molar refractivity (Wildman–Crippen MR) is 133 cm³/mol. The summed E-state index contributed by atoms with van der Waals surface area (Å²) in [6.45, 7) is 1.96. The minimum absolute atomic E-state index is 0.00929. The number of methoxy groups -OCH3 is 1. The van der Waals surface area contributed by atoms with E-state index in [0.29, 0.717) is 36.2 Å². The van der Waals surface area contributed by atoms with E-state index in [0.717, 1.165) is 24.0 Å². The number of piperidine rings is 1. The summed E-state index contributed by atoms with van der Waals surface area (Å²) in [6.07, 6.45) is 0.930. The second-order valence-corrected chi connectivity index (χ2v) is 9.82. The number of pyridine rings is 1. The fourth-order valence-electron chi connectivity index (χ4n) is 4.84. The minimum Gasteiger partial charge on any atom is -0.497 e. The summed E-state index contributed by atoms with van der Waals surface area (Å²) >= 11 is 1.59. The predicted octanol–water partition coefficient (Wildman–Crippen LogP) is 5.70. The van der Waals surface area contributed by atoms with Gasteiger partial charge in [0.2, 0.25) is 0 Å². The number of ether oxygens (including phenoxy) is 1. The van der Waals surface area contributed by atoms with Crippen LogP contribution in [-0.2, 0) is 4.79 Å². The maximum absolute atomic E-state index is 15.4. The van der Waals surface area contributed by atoms with E-state index in [2.05, 4.69) is 21.7 Å². The number of hydrogen-bond acceptors (Lipinski definition) is 5. The minimum atomic E-state index is -1.52. The highest BCUT2D eigenvalue weighted by atomic mass is 32.1. The van der Waals surface area contributed by atoms with Gasteiger partial charge in [-0.3, -0.25) is 14.7 Å². The molecule has 3 aromatic rings. The van der Waals surface area contributed by atoms with Gasteiger partial charge in [-0.2, -0.15) is 0 Å². The number of fused-ring (bicyclic) bond motifs is 1. The van der Waals surface area contributed by atoms with Crippen LogP contribution in [0.1, 0.15) is 42.3 Å². The second kappa shape index (κ2) is 11.6. The molecule has 1 aliphatic heterocycles. The molecular weight excluding hydrogens is 470 g/mol. The van der Waals surface area contributed by atoms with Crippen molar-refractivity contribution in [2.45, 2.75) is 31.9 Å². The molecular formula is C27H28F2N2O3S. The number of carboxylic acids is 1. The number of benzene rings is 1. The first-order chi connectivity index (χ1) is 16.9. The average Bonchev–Trinajstić information content (AvgIpc) is 3.36. The Morgan fingerprint density at radius 2 is 2.23 bits per heavy atom. The number of aromatic nitrogens is 1. The number of thiophene rings is 1. The number of halogens is 2. The van der Waals surface area contributed by atoms with Crippen molar-refractivity contribution < 1.29 is 23.4 Å². The Hall–Kier alpha value is -3.02. The first-order valence-corrected chi connectivity index (χ1v) is 12.5. The number of carbonyl (C=O) groups is 1. The lowest BCUT2D eigenvalue weighted by atomic mass is 9.79. The quantitative estimate of drug-likeness (QED) is 0.404. The second-order valence-electron chi connectivity index (χ2n) is 8.87. The molecule has 0 spiro atoms. The zero-order valence-electron chi connectivity index (χ0n) is 19.5. The van der Waals surface area contributed by atoms with Crippen molar-refractivity contribution in [2.75, 3.05) is 26.7 Å². The van der Waals surface area contributed by atoms with Gasteiger partial charge in [-0.15, -0.1) is 11.3 Å². The first kappa shape index (κ1) is 25.1. The lowest BCUT2D eigenvalue weighted by molar-refractivity contribution is -0.139. The maximum atomic E-state index is 15.4. The zero-order valence-corrected chi connectivity index (χ0v) is 20.4. The highest BCUT2D eigenvalue weighted by Crippen LogP contribution is 2.37. The Balaban J connectivity index is 1.42. The van der Waals surface area contributed by atoms with Gasteiger partial charge in [-0.25, -0.2) is 8.78 Å². The van der Waals surface area contributed by atoms with Crippen molar-refractivity contribution in [3.8, 4) is 17.6 Å². The zero-order chi connectivity index (χ0) is 24.8. The molecule has 0 saturated carbocycles.